The van der Waals surface area contributed by atoms with Crippen LogP contribution in [0.2, 0.25) is 0 Å². The van der Waals surface area contributed by atoms with Gasteiger partial charge in [-0.3, -0.25) is 29.9 Å². The normalized spacial score (nSPS) is 13.5. The third-order valence-corrected chi connectivity index (χ3v) is 10.8. The molecule has 8 aromatic rings. The van der Waals surface area contributed by atoms with E-state index in [1.165, 1.54) is 31.0 Å². The number of rotatable bonds is 12. The molecule has 1 unspecified atom stereocenters. The molecule has 0 radical (unpaired) electrons. The SMILES string of the molecule is FC(F)(F)c1ccc(CNc2cncc(-c3ccncc3)c2)cc1.FC(F)(F)c1cccc(CNc2cncc(-c3ccncc3)c2)c1.c1cc(-c2cncc(NCC3CCCNC3)c2)ccn1. The Morgan fingerprint density at radius 2 is 0.912 bits per heavy atom. The Hall–Kier alpha value is -7.72. The highest BCUT2D eigenvalue weighted by atomic mass is 19.4. The fourth-order valence-electron chi connectivity index (χ4n) is 7.15. The van der Waals surface area contributed by atoms with Gasteiger partial charge in [0.25, 0.3) is 0 Å². The largest absolute Gasteiger partial charge is 0.416 e. The molecule has 0 aliphatic carbocycles. The fraction of sp³-hybridized carbons (Fsp3) is 0.192. The highest BCUT2D eigenvalue weighted by Gasteiger charge is 2.31. The number of halogens is 6. The van der Waals surface area contributed by atoms with Crippen molar-refractivity contribution in [3.63, 3.8) is 0 Å². The summed E-state index contributed by atoms with van der Waals surface area (Å²) in [7, 11) is 0. The summed E-state index contributed by atoms with van der Waals surface area (Å²) in [6, 6.07) is 27.9. The topological polar surface area (TPSA) is 125 Å². The van der Waals surface area contributed by atoms with Crippen LogP contribution in [0.4, 0.5) is 43.4 Å². The second kappa shape index (κ2) is 23.6. The molecule has 1 atom stereocenters. The fourth-order valence-corrected chi connectivity index (χ4v) is 7.15. The smallest absolute Gasteiger partial charge is 0.383 e. The maximum absolute atomic E-state index is 12.7. The Morgan fingerprint density at radius 3 is 1.35 bits per heavy atom. The first-order valence-corrected chi connectivity index (χ1v) is 21.8. The maximum atomic E-state index is 12.7. The first-order chi connectivity index (χ1) is 33.0. The Balaban J connectivity index is 0.000000152. The lowest BCUT2D eigenvalue weighted by molar-refractivity contribution is -0.138. The van der Waals surface area contributed by atoms with Crippen molar-refractivity contribution in [1.82, 2.24) is 35.2 Å². The van der Waals surface area contributed by atoms with E-state index in [0.717, 1.165) is 99.9 Å². The lowest BCUT2D eigenvalue weighted by Gasteiger charge is -2.23. The zero-order chi connectivity index (χ0) is 47.6. The summed E-state index contributed by atoms with van der Waals surface area (Å²) in [6.45, 7) is 3.99. The number of benzene rings is 2. The Labute approximate surface area is 390 Å². The van der Waals surface area contributed by atoms with Gasteiger partial charge >= 0.3 is 12.4 Å². The molecule has 10 nitrogen and oxygen atoms in total. The molecule has 7 heterocycles. The number of aromatic nitrogens is 6. The molecule has 0 saturated carbocycles. The molecular formula is C52H48F6N10. The minimum Gasteiger partial charge on any atom is -0.383 e. The number of hydrogen-bond acceptors (Lipinski definition) is 10. The van der Waals surface area contributed by atoms with Gasteiger partial charge in [-0.05, 0) is 139 Å². The van der Waals surface area contributed by atoms with Gasteiger partial charge in [-0.15, -0.1) is 0 Å². The molecule has 4 N–H and O–H groups in total. The number of anilines is 3. The minimum absolute atomic E-state index is 0.283. The van der Waals surface area contributed by atoms with Crippen molar-refractivity contribution in [1.29, 1.82) is 0 Å². The third-order valence-electron chi connectivity index (χ3n) is 10.8. The van der Waals surface area contributed by atoms with Gasteiger partial charge in [-0.2, -0.15) is 26.3 Å². The lowest BCUT2D eigenvalue weighted by Crippen LogP contribution is -2.33. The van der Waals surface area contributed by atoms with E-state index >= 15 is 0 Å². The zero-order valence-corrected chi connectivity index (χ0v) is 36.7. The summed E-state index contributed by atoms with van der Waals surface area (Å²) < 4.78 is 75.9. The van der Waals surface area contributed by atoms with Gasteiger partial charge < -0.3 is 21.3 Å². The molecule has 68 heavy (non-hydrogen) atoms. The van der Waals surface area contributed by atoms with E-state index in [4.69, 9.17) is 0 Å². The Kier molecular flexibility index (Phi) is 16.8. The van der Waals surface area contributed by atoms with E-state index in [-0.39, 0.29) is 6.54 Å². The van der Waals surface area contributed by atoms with Gasteiger partial charge in [0.05, 0.1) is 28.2 Å². The number of pyridine rings is 6. The van der Waals surface area contributed by atoms with Crippen LogP contribution in [0.15, 0.2) is 177 Å². The molecular weight excluding hydrogens is 879 g/mol. The first-order valence-electron chi connectivity index (χ1n) is 21.8. The summed E-state index contributed by atoms with van der Waals surface area (Å²) in [6.07, 6.45) is 14.9. The van der Waals surface area contributed by atoms with Gasteiger partial charge in [0.1, 0.15) is 0 Å². The second-order valence-electron chi connectivity index (χ2n) is 15.8. The van der Waals surface area contributed by atoms with Crippen molar-refractivity contribution in [2.24, 2.45) is 5.92 Å². The van der Waals surface area contributed by atoms with E-state index in [1.807, 2.05) is 73.3 Å². The standard InChI is InChI=1S/2C18H14F3N3.C16H20N4/c19-18(20,21)16-3-1-13(2-4-16)10-24-17-9-15(11-23-12-17)14-5-7-22-8-6-14;19-18(20,21)16-3-1-2-13(8-16)10-24-17-9-15(11-23-12-17)14-4-6-22-7-5-14;1-2-13(9-18-5-1)10-20-16-8-15(11-19-12-16)14-3-6-17-7-4-14/h2*1-9,11-12,24H,10H2;3-4,6-8,11-13,18,20H,1-2,5,9-10H2. The number of hydrogen-bond donors (Lipinski definition) is 4. The Morgan fingerprint density at radius 1 is 0.456 bits per heavy atom. The van der Waals surface area contributed by atoms with Crippen molar-refractivity contribution in [2.45, 2.75) is 38.3 Å². The molecule has 1 fully saturated rings. The quantitative estimate of drug-likeness (QED) is 0.0880. The molecule has 2 aromatic carbocycles. The molecule has 1 aliphatic rings. The van der Waals surface area contributed by atoms with Crippen molar-refractivity contribution < 1.29 is 26.3 Å². The summed E-state index contributed by atoms with van der Waals surface area (Å²) in [5.74, 6) is 0.716. The number of nitrogens with zero attached hydrogens (tertiary/aromatic N) is 6. The predicted molar refractivity (Wildman–Crippen MR) is 254 cm³/mol. The van der Waals surface area contributed by atoms with E-state index in [9.17, 15) is 26.3 Å². The van der Waals surface area contributed by atoms with Gasteiger partial charge in [0, 0.05) is 111 Å². The molecule has 0 bridgehead atoms. The predicted octanol–water partition coefficient (Wildman–Crippen LogP) is 12.1. The van der Waals surface area contributed by atoms with Gasteiger partial charge in [-0.25, -0.2) is 0 Å². The molecule has 9 rings (SSSR count). The van der Waals surface area contributed by atoms with Crippen molar-refractivity contribution in [2.75, 3.05) is 35.6 Å². The van der Waals surface area contributed by atoms with Crippen molar-refractivity contribution >= 4 is 17.1 Å². The number of alkyl halides is 6. The van der Waals surface area contributed by atoms with Gasteiger partial charge in [0.2, 0.25) is 0 Å². The van der Waals surface area contributed by atoms with E-state index in [0.29, 0.717) is 18.0 Å². The van der Waals surface area contributed by atoms with Crippen molar-refractivity contribution in [3.8, 4) is 33.4 Å². The van der Waals surface area contributed by atoms with E-state index in [2.05, 4.69) is 57.2 Å². The molecule has 1 saturated heterocycles. The first kappa shape index (κ1) is 48.2. The van der Waals surface area contributed by atoms with E-state index in [1.54, 1.807) is 55.6 Å². The summed E-state index contributed by atoms with van der Waals surface area (Å²) in [4.78, 5) is 24.7. The summed E-state index contributed by atoms with van der Waals surface area (Å²) >= 11 is 0. The highest BCUT2D eigenvalue weighted by molar-refractivity contribution is 5.68. The molecule has 348 valence electrons. The van der Waals surface area contributed by atoms with Crippen LogP contribution in [0.1, 0.15) is 35.1 Å². The van der Waals surface area contributed by atoms with Gasteiger partial charge in [-0.1, -0.05) is 24.3 Å². The van der Waals surface area contributed by atoms with Crippen LogP contribution in [0.5, 0.6) is 0 Å². The number of nitrogens with one attached hydrogen (secondary N) is 4. The highest BCUT2D eigenvalue weighted by Crippen LogP contribution is 2.31. The summed E-state index contributed by atoms with van der Waals surface area (Å²) in [5, 5.41) is 13.2. The van der Waals surface area contributed by atoms with Crippen LogP contribution in [-0.2, 0) is 25.4 Å². The average Bonchev–Trinajstić information content (AvgIpc) is 3.38. The lowest BCUT2D eigenvalue weighted by atomic mass is 10.00. The molecule has 0 spiro atoms. The monoisotopic (exact) mass is 926 g/mol. The summed E-state index contributed by atoms with van der Waals surface area (Å²) in [5.41, 5.74) is 8.73. The Bertz CT molecular complexity index is 2750. The van der Waals surface area contributed by atoms with Crippen LogP contribution in [0.25, 0.3) is 33.4 Å². The third kappa shape index (κ3) is 14.9. The van der Waals surface area contributed by atoms with Crippen LogP contribution in [0, 0.1) is 5.92 Å². The maximum Gasteiger partial charge on any atom is 0.416 e. The van der Waals surface area contributed by atoms with Crippen LogP contribution in [0.3, 0.4) is 0 Å². The molecule has 1 aliphatic heterocycles. The zero-order valence-electron chi connectivity index (χ0n) is 36.7. The molecule has 16 heteroatoms. The van der Waals surface area contributed by atoms with Crippen LogP contribution < -0.4 is 21.3 Å². The second-order valence-corrected chi connectivity index (χ2v) is 15.8. The van der Waals surface area contributed by atoms with Crippen LogP contribution in [-0.4, -0.2) is 49.5 Å². The van der Waals surface area contributed by atoms with Crippen LogP contribution >= 0.6 is 0 Å². The van der Waals surface area contributed by atoms with Crippen molar-refractivity contribution in [3.05, 3.63) is 200 Å². The molecule has 0 amide bonds. The van der Waals surface area contributed by atoms with E-state index < -0.39 is 23.5 Å². The average molecular weight is 927 g/mol. The number of piperidine rings is 1. The minimum atomic E-state index is -4.33. The molecule has 6 aromatic heterocycles. The van der Waals surface area contributed by atoms with Gasteiger partial charge in [0.15, 0.2) is 0 Å².